The summed E-state index contributed by atoms with van der Waals surface area (Å²) in [6.45, 7) is 4.48. The zero-order valence-electron chi connectivity index (χ0n) is 17.0. The number of hydrogen-bond acceptors (Lipinski definition) is 4. The van der Waals surface area contributed by atoms with Crippen molar-refractivity contribution in [1.29, 1.82) is 0 Å². The number of carbonyl (C=O) groups excluding carboxylic acids is 1. The van der Waals surface area contributed by atoms with Crippen LogP contribution in [0.2, 0.25) is 0 Å². The fourth-order valence-corrected chi connectivity index (χ4v) is 6.61. The maximum atomic E-state index is 13.1. The quantitative estimate of drug-likeness (QED) is 0.861. The summed E-state index contributed by atoms with van der Waals surface area (Å²) >= 11 is 0. The highest BCUT2D eigenvalue weighted by Crippen LogP contribution is 2.62. The molecule has 4 bridgehead atoms. The molecule has 5 nitrogen and oxygen atoms in total. The van der Waals surface area contributed by atoms with Gasteiger partial charge in [0, 0.05) is 30.8 Å². The van der Waals surface area contributed by atoms with Gasteiger partial charge in [0.1, 0.15) is 5.75 Å². The molecular formula is C22H32N2O3. The molecule has 5 rings (SSSR count). The van der Waals surface area contributed by atoms with E-state index in [1.165, 1.54) is 6.42 Å². The van der Waals surface area contributed by atoms with Gasteiger partial charge in [-0.25, -0.2) is 0 Å². The van der Waals surface area contributed by atoms with Gasteiger partial charge in [0.15, 0.2) is 0 Å². The molecule has 27 heavy (non-hydrogen) atoms. The lowest BCUT2D eigenvalue weighted by molar-refractivity contribution is -0.171. The van der Waals surface area contributed by atoms with Gasteiger partial charge in [-0.1, -0.05) is 0 Å². The molecule has 1 aromatic rings. The predicted molar refractivity (Wildman–Crippen MR) is 103 cm³/mol. The third-order valence-corrected chi connectivity index (χ3v) is 7.24. The molecule has 0 unspecified atom stereocenters. The summed E-state index contributed by atoms with van der Waals surface area (Å²) in [5.74, 6) is 2.24. The lowest BCUT2D eigenvalue weighted by atomic mass is 9.47. The molecule has 0 radical (unpaired) electrons. The van der Waals surface area contributed by atoms with Crippen LogP contribution in [0.1, 0.15) is 61.8 Å². The van der Waals surface area contributed by atoms with E-state index >= 15 is 0 Å². The SMILES string of the molecule is COc1c(C)cnc(CN(C)C(=O)CC23C[C@H]4C[C@@H](CC(O)(C4)C2)C3)c1C. The Kier molecular flexibility index (Phi) is 4.49. The fourth-order valence-electron chi connectivity index (χ4n) is 6.61. The lowest BCUT2D eigenvalue weighted by Crippen LogP contribution is -2.56. The van der Waals surface area contributed by atoms with Gasteiger partial charge in [0.2, 0.25) is 5.91 Å². The van der Waals surface area contributed by atoms with Crippen molar-refractivity contribution in [3.8, 4) is 5.75 Å². The maximum Gasteiger partial charge on any atom is 0.223 e. The first-order chi connectivity index (χ1) is 12.7. The maximum absolute atomic E-state index is 13.1. The van der Waals surface area contributed by atoms with E-state index in [0.717, 1.165) is 54.7 Å². The smallest absolute Gasteiger partial charge is 0.223 e. The Hall–Kier alpha value is -1.62. The first-order valence-corrected chi connectivity index (χ1v) is 10.2. The molecule has 1 heterocycles. The minimum Gasteiger partial charge on any atom is -0.496 e. The van der Waals surface area contributed by atoms with E-state index in [2.05, 4.69) is 4.98 Å². The van der Waals surface area contributed by atoms with Crippen molar-refractivity contribution >= 4 is 5.91 Å². The van der Waals surface area contributed by atoms with Gasteiger partial charge in [0.05, 0.1) is 24.9 Å². The number of rotatable bonds is 5. The van der Waals surface area contributed by atoms with Crippen LogP contribution in [-0.4, -0.2) is 40.7 Å². The first-order valence-electron chi connectivity index (χ1n) is 10.2. The lowest BCUT2D eigenvalue weighted by Gasteiger charge is -2.60. The molecule has 4 aliphatic carbocycles. The molecular weight excluding hydrogens is 340 g/mol. The number of nitrogens with zero attached hydrogens (tertiary/aromatic N) is 2. The van der Waals surface area contributed by atoms with E-state index in [1.54, 1.807) is 12.0 Å². The van der Waals surface area contributed by atoms with E-state index in [4.69, 9.17) is 4.74 Å². The van der Waals surface area contributed by atoms with Gasteiger partial charge in [-0.3, -0.25) is 9.78 Å². The molecule has 2 atom stereocenters. The number of amides is 1. The summed E-state index contributed by atoms with van der Waals surface area (Å²) in [6.07, 6.45) is 8.54. The molecule has 4 fully saturated rings. The monoisotopic (exact) mass is 372 g/mol. The highest BCUT2D eigenvalue weighted by molar-refractivity contribution is 5.76. The van der Waals surface area contributed by atoms with E-state index in [-0.39, 0.29) is 11.3 Å². The number of carbonyl (C=O) groups is 1. The predicted octanol–water partition coefficient (Wildman–Crippen LogP) is 3.39. The third kappa shape index (κ3) is 3.35. The van der Waals surface area contributed by atoms with Crippen molar-refractivity contribution in [3.63, 3.8) is 0 Å². The second-order valence-electron chi connectivity index (χ2n) is 9.66. The van der Waals surface area contributed by atoms with Gasteiger partial charge in [-0.05, 0) is 69.6 Å². The molecule has 4 aliphatic rings. The van der Waals surface area contributed by atoms with Crippen LogP contribution >= 0.6 is 0 Å². The minimum absolute atomic E-state index is 0.0115. The summed E-state index contributed by atoms with van der Waals surface area (Å²) in [6, 6.07) is 0. The summed E-state index contributed by atoms with van der Waals surface area (Å²) in [7, 11) is 3.54. The summed E-state index contributed by atoms with van der Waals surface area (Å²) in [5, 5.41) is 10.9. The van der Waals surface area contributed by atoms with Crippen LogP contribution in [0, 0.1) is 31.1 Å². The number of aromatic nitrogens is 1. The number of aryl methyl sites for hydroxylation is 1. The van der Waals surface area contributed by atoms with Gasteiger partial charge in [-0.2, -0.15) is 0 Å². The molecule has 0 aromatic carbocycles. The second kappa shape index (κ2) is 6.47. The number of pyridine rings is 1. The van der Waals surface area contributed by atoms with Crippen LogP contribution in [0.4, 0.5) is 0 Å². The standard InChI is InChI=1S/C22H32N2O3/c1-14-11-23-18(15(2)20(14)27-4)12-24(3)19(25)10-21-6-16-5-17(7-21)9-22(26,8-16)13-21/h11,16-17,26H,5-10,12-13H2,1-4H3/t16-,17-,21?,22?/m1/s1. The molecule has 4 saturated carbocycles. The first kappa shape index (κ1) is 18.7. The molecule has 1 amide bonds. The molecule has 0 aliphatic heterocycles. The van der Waals surface area contributed by atoms with E-state index in [0.29, 0.717) is 24.8 Å². The van der Waals surface area contributed by atoms with Crippen LogP contribution in [0.5, 0.6) is 5.75 Å². The molecule has 0 saturated heterocycles. The Morgan fingerprint density at radius 3 is 2.56 bits per heavy atom. The van der Waals surface area contributed by atoms with Gasteiger partial charge < -0.3 is 14.7 Å². The van der Waals surface area contributed by atoms with Gasteiger partial charge >= 0.3 is 0 Å². The zero-order valence-corrected chi connectivity index (χ0v) is 17.0. The van der Waals surface area contributed by atoms with Crippen LogP contribution in [-0.2, 0) is 11.3 Å². The van der Waals surface area contributed by atoms with Crippen molar-refractivity contribution in [2.75, 3.05) is 14.2 Å². The van der Waals surface area contributed by atoms with Gasteiger partial charge in [0.25, 0.3) is 0 Å². The van der Waals surface area contributed by atoms with Crippen LogP contribution in [0.15, 0.2) is 6.20 Å². The molecule has 0 spiro atoms. The summed E-state index contributed by atoms with van der Waals surface area (Å²) in [5.41, 5.74) is 2.40. The van der Waals surface area contributed by atoms with Crippen molar-refractivity contribution in [2.24, 2.45) is 17.3 Å². The van der Waals surface area contributed by atoms with E-state index in [1.807, 2.05) is 27.1 Å². The Bertz CT molecular complexity index is 746. The number of aliphatic hydroxyl groups is 1. The van der Waals surface area contributed by atoms with E-state index in [9.17, 15) is 9.90 Å². The van der Waals surface area contributed by atoms with Crippen LogP contribution in [0.3, 0.4) is 0 Å². The molecule has 1 aromatic heterocycles. The fraction of sp³-hybridized carbons (Fsp3) is 0.727. The topological polar surface area (TPSA) is 62.7 Å². The van der Waals surface area contributed by atoms with Crippen molar-refractivity contribution < 1.29 is 14.6 Å². The molecule has 1 N–H and O–H groups in total. The van der Waals surface area contributed by atoms with Crippen molar-refractivity contribution in [3.05, 3.63) is 23.0 Å². The average molecular weight is 373 g/mol. The summed E-state index contributed by atoms with van der Waals surface area (Å²) in [4.78, 5) is 19.4. The Labute approximate surface area is 162 Å². The largest absolute Gasteiger partial charge is 0.496 e. The van der Waals surface area contributed by atoms with E-state index < -0.39 is 5.60 Å². The van der Waals surface area contributed by atoms with Crippen LogP contribution in [0.25, 0.3) is 0 Å². The Morgan fingerprint density at radius 1 is 1.30 bits per heavy atom. The number of ether oxygens (including phenoxy) is 1. The Morgan fingerprint density at radius 2 is 1.96 bits per heavy atom. The van der Waals surface area contributed by atoms with Gasteiger partial charge in [-0.15, -0.1) is 0 Å². The Balaban J connectivity index is 1.46. The minimum atomic E-state index is -0.509. The average Bonchev–Trinajstić information content (AvgIpc) is 2.55. The highest BCUT2D eigenvalue weighted by Gasteiger charge is 2.57. The number of hydrogen-bond donors (Lipinski definition) is 1. The highest BCUT2D eigenvalue weighted by atomic mass is 16.5. The van der Waals surface area contributed by atoms with Crippen molar-refractivity contribution in [1.82, 2.24) is 9.88 Å². The molecule has 148 valence electrons. The summed E-state index contributed by atoms with van der Waals surface area (Å²) < 4.78 is 5.49. The van der Waals surface area contributed by atoms with Crippen molar-refractivity contribution in [2.45, 2.75) is 70.9 Å². The second-order valence-corrected chi connectivity index (χ2v) is 9.66. The third-order valence-electron chi connectivity index (χ3n) is 7.24. The van der Waals surface area contributed by atoms with Crippen LogP contribution < -0.4 is 4.74 Å². The normalized spacial score (nSPS) is 34.0. The zero-order chi connectivity index (χ0) is 19.4. The number of methoxy groups -OCH3 is 1. The molecule has 5 heteroatoms.